The topological polar surface area (TPSA) is 74.2 Å². The number of pyridine rings is 1. The summed E-state index contributed by atoms with van der Waals surface area (Å²) < 4.78 is 0. The van der Waals surface area contributed by atoms with Gasteiger partial charge in [-0.2, -0.15) is 0 Å². The van der Waals surface area contributed by atoms with Gasteiger partial charge in [-0.1, -0.05) is 6.07 Å². The van der Waals surface area contributed by atoms with E-state index in [9.17, 15) is 4.79 Å². The number of anilines is 1. The van der Waals surface area contributed by atoms with Crippen LogP contribution in [0.2, 0.25) is 0 Å². The van der Waals surface area contributed by atoms with E-state index in [4.69, 9.17) is 0 Å². The predicted octanol–water partition coefficient (Wildman–Crippen LogP) is 2.10. The molecule has 1 amide bonds. The van der Waals surface area contributed by atoms with Crippen LogP contribution in [0.3, 0.4) is 0 Å². The first-order valence-corrected chi connectivity index (χ1v) is 9.05. The molecule has 1 atom stereocenters. The van der Waals surface area contributed by atoms with Gasteiger partial charge in [0, 0.05) is 39.3 Å². The summed E-state index contributed by atoms with van der Waals surface area (Å²) in [5, 5.41) is 3.01. The second kappa shape index (κ2) is 8.71. The lowest BCUT2D eigenvalue weighted by atomic mass is 10.1. The summed E-state index contributed by atoms with van der Waals surface area (Å²) in [7, 11) is 3.84. The zero-order valence-electron chi connectivity index (χ0n) is 15.4. The van der Waals surface area contributed by atoms with E-state index in [2.05, 4.69) is 25.2 Å². The second-order valence-electron chi connectivity index (χ2n) is 6.63. The molecule has 138 valence electrons. The highest BCUT2D eigenvalue weighted by molar-refractivity contribution is 5.77. The van der Waals surface area contributed by atoms with Crippen molar-refractivity contribution in [1.82, 2.24) is 24.8 Å². The van der Waals surface area contributed by atoms with Gasteiger partial charge in [-0.15, -0.1) is 0 Å². The quantitative estimate of drug-likeness (QED) is 0.821. The number of carbonyl (C=O) groups excluding carboxylic acids is 1. The minimum Gasteiger partial charge on any atom is -0.372 e. The molecule has 0 bridgehead atoms. The summed E-state index contributed by atoms with van der Waals surface area (Å²) in [6.07, 6.45) is 7.70. The molecule has 7 heteroatoms. The maximum atomic E-state index is 12.8. The molecule has 0 saturated carbocycles. The van der Waals surface area contributed by atoms with E-state index in [1.165, 1.54) is 0 Å². The van der Waals surface area contributed by atoms with Gasteiger partial charge in [0.05, 0.1) is 29.8 Å². The Kier molecular flexibility index (Phi) is 6.12. The molecule has 2 aromatic rings. The van der Waals surface area contributed by atoms with Crippen molar-refractivity contribution >= 4 is 11.7 Å². The Morgan fingerprint density at radius 1 is 1.38 bits per heavy atom. The number of hydrogen-bond acceptors (Lipinski definition) is 6. The number of nitrogens with one attached hydrogen (secondary N) is 1. The van der Waals surface area contributed by atoms with Gasteiger partial charge in [-0.3, -0.25) is 14.8 Å². The maximum Gasteiger partial charge on any atom is 0.224 e. The molecule has 1 aliphatic heterocycles. The van der Waals surface area contributed by atoms with Crippen molar-refractivity contribution in [2.75, 3.05) is 32.5 Å². The van der Waals surface area contributed by atoms with Crippen molar-refractivity contribution < 1.29 is 4.79 Å². The van der Waals surface area contributed by atoms with Crippen molar-refractivity contribution in [3.63, 3.8) is 0 Å². The zero-order chi connectivity index (χ0) is 18.4. The molecule has 7 nitrogen and oxygen atoms in total. The number of amides is 1. The number of likely N-dealkylation sites (tertiary alicyclic amines) is 1. The molecule has 26 heavy (non-hydrogen) atoms. The molecule has 1 fully saturated rings. The summed E-state index contributed by atoms with van der Waals surface area (Å²) in [5.74, 6) is 0.911. The molecular formula is C19H26N6O. The van der Waals surface area contributed by atoms with Gasteiger partial charge >= 0.3 is 0 Å². The Balaban J connectivity index is 1.56. The molecule has 0 radical (unpaired) electrons. The van der Waals surface area contributed by atoms with Gasteiger partial charge in [-0.25, -0.2) is 4.98 Å². The monoisotopic (exact) mass is 354 g/mol. The van der Waals surface area contributed by atoms with E-state index in [0.29, 0.717) is 13.0 Å². The van der Waals surface area contributed by atoms with Crippen molar-refractivity contribution in [1.29, 1.82) is 0 Å². The lowest BCUT2D eigenvalue weighted by molar-refractivity contribution is -0.132. The second-order valence-corrected chi connectivity index (χ2v) is 6.63. The summed E-state index contributed by atoms with van der Waals surface area (Å²) in [6, 6.07) is 5.93. The van der Waals surface area contributed by atoms with Crippen LogP contribution in [0, 0.1) is 0 Å². The highest BCUT2D eigenvalue weighted by Crippen LogP contribution is 2.31. The summed E-state index contributed by atoms with van der Waals surface area (Å²) in [6.45, 7) is 2.24. The van der Waals surface area contributed by atoms with E-state index in [-0.39, 0.29) is 11.9 Å². The zero-order valence-corrected chi connectivity index (χ0v) is 15.4. The van der Waals surface area contributed by atoms with Crippen molar-refractivity contribution in [3.05, 3.63) is 48.2 Å². The van der Waals surface area contributed by atoms with E-state index in [1.807, 2.05) is 37.2 Å². The number of aromatic nitrogens is 3. The van der Waals surface area contributed by atoms with Gasteiger partial charge in [-0.05, 0) is 32.0 Å². The summed E-state index contributed by atoms with van der Waals surface area (Å²) >= 11 is 0. The molecule has 0 unspecified atom stereocenters. The maximum absolute atomic E-state index is 12.8. The van der Waals surface area contributed by atoms with E-state index >= 15 is 0 Å². The summed E-state index contributed by atoms with van der Waals surface area (Å²) in [5.41, 5.74) is 1.88. The van der Waals surface area contributed by atoms with Crippen LogP contribution in [0.1, 0.15) is 36.7 Å². The van der Waals surface area contributed by atoms with Gasteiger partial charge in [0.2, 0.25) is 5.91 Å². The number of hydrogen-bond donors (Lipinski definition) is 1. The van der Waals surface area contributed by atoms with Crippen LogP contribution in [0.5, 0.6) is 0 Å². The first-order valence-electron chi connectivity index (χ1n) is 9.05. The Hall–Kier alpha value is -2.54. The molecular weight excluding hydrogens is 328 g/mol. The van der Waals surface area contributed by atoms with Crippen molar-refractivity contribution in [2.24, 2.45) is 0 Å². The molecule has 3 rings (SSSR count). The minimum atomic E-state index is 0.0318. The van der Waals surface area contributed by atoms with Gasteiger partial charge in [0.25, 0.3) is 0 Å². The third kappa shape index (κ3) is 4.54. The average Bonchev–Trinajstić information content (AvgIpc) is 3.17. The van der Waals surface area contributed by atoms with Crippen LogP contribution in [-0.4, -0.2) is 57.8 Å². The lowest BCUT2D eigenvalue weighted by Gasteiger charge is -2.25. The Morgan fingerprint density at radius 2 is 2.27 bits per heavy atom. The Labute approximate surface area is 154 Å². The molecule has 0 aromatic carbocycles. The van der Waals surface area contributed by atoms with Crippen LogP contribution in [0.25, 0.3) is 0 Å². The third-order valence-corrected chi connectivity index (χ3v) is 4.69. The number of carbonyl (C=O) groups is 1. The molecule has 2 aromatic heterocycles. The predicted molar refractivity (Wildman–Crippen MR) is 100 cm³/mol. The number of nitrogens with zero attached hydrogens (tertiary/aromatic N) is 5. The fraction of sp³-hybridized carbons (Fsp3) is 0.474. The highest BCUT2D eigenvalue weighted by Gasteiger charge is 2.31. The lowest BCUT2D eigenvalue weighted by Crippen LogP contribution is -2.33. The van der Waals surface area contributed by atoms with Crippen LogP contribution in [-0.2, 0) is 11.3 Å². The minimum absolute atomic E-state index is 0.0318. The van der Waals surface area contributed by atoms with E-state index < -0.39 is 0 Å². The van der Waals surface area contributed by atoms with Gasteiger partial charge < -0.3 is 15.1 Å². The fourth-order valence-corrected chi connectivity index (χ4v) is 3.31. The SMILES string of the molecule is CNc1cncc([C@H]2CCCN2C(=O)CCN(C)Cc2ccccn2)n1. The largest absolute Gasteiger partial charge is 0.372 e. The average molecular weight is 354 g/mol. The third-order valence-electron chi connectivity index (χ3n) is 4.69. The molecule has 0 aliphatic carbocycles. The van der Waals surface area contributed by atoms with Crippen LogP contribution >= 0.6 is 0 Å². The molecule has 0 spiro atoms. The van der Waals surface area contributed by atoms with Crippen molar-refractivity contribution in [3.8, 4) is 0 Å². The number of rotatable bonds is 7. The fourth-order valence-electron chi connectivity index (χ4n) is 3.31. The normalized spacial score (nSPS) is 16.9. The highest BCUT2D eigenvalue weighted by atomic mass is 16.2. The van der Waals surface area contributed by atoms with Gasteiger partial charge in [0.1, 0.15) is 5.82 Å². The first-order chi connectivity index (χ1) is 12.7. The van der Waals surface area contributed by atoms with E-state index in [0.717, 1.165) is 43.1 Å². The Morgan fingerprint density at radius 3 is 3.04 bits per heavy atom. The van der Waals surface area contributed by atoms with Gasteiger partial charge in [0.15, 0.2) is 0 Å². The standard InChI is InChI=1S/C19H26N6O/c1-20-18-13-21-12-16(23-18)17-7-5-10-25(17)19(26)8-11-24(2)14-15-6-3-4-9-22-15/h3-4,6,9,12-13,17H,5,7-8,10-11,14H2,1-2H3,(H,20,23)/t17-/m1/s1. The molecule has 1 aliphatic rings. The van der Waals surface area contributed by atoms with Crippen LogP contribution in [0.15, 0.2) is 36.8 Å². The molecule has 1 N–H and O–H groups in total. The first kappa shape index (κ1) is 18.3. The Bertz CT molecular complexity index is 723. The van der Waals surface area contributed by atoms with Crippen LogP contribution < -0.4 is 5.32 Å². The van der Waals surface area contributed by atoms with Crippen LogP contribution in [0.4, 0.5) is 5.82 Å². The smallest absolute Gasteiger partial charge is 0.224 e. The molecule has 1 saturated heterocycles. The molecule has 3 heterocycles. The summed E-state index contributed by atoms with van der Waals surface area (Å²) in [4.78, 5) is 30.0. The van der Waals surface area contributed by atoms with Crippen molar-refractivity contribution in [2.45, 2.75) is 31.8 Å². The van der Waals surface area contributed by atoms with E-state index in [1.54, 1.807) is 18.6 Å².